The second-order valence-electron chi connectivity index (χ2n) is 7.79. The van der Waals surface area contributed by atoms with Gasteiger partial charge in [0.05, 0.1) is 6.42 Å². The highest BCUT2D eigenvalue weighted by atomic mass is 16.5. The molecule has 1 heterocycles. The largest absolute Gasteiger partial charge is 0.486 e. The molecule has 0 aliphatic rings. The van der Waals surface area contributed by atoms with Crippen LogP contribution < -0.4 is 15.8 Å². The number of para-hydroxylation sites is 1. The van der Waals surface area contributed by atoms with Crippen molar-refractivity contribution >= 4 is 17.6 Å². The lowest BCUT2D eigenvalue weighted by Crippen LogP contribution is -2.15. The van der Waals surface area contributed by atoms with Gasteiger partial charge in [0.2, 0.25) is 0 Å². The summed E-state index contributed by atoms with van der Waals surface area (Å²) in [6, 6.07) is 21.5. The Balaban J connectivity index is 1.67. The number of nitrogens with two attached hydrogens (primary N) is 1. The molecule has 0 radical (unpaired) electrons. The Bertz CT molecular complexity index is 1340. The standard InChI is InChI=1S/C27H24N4O4/c28-16-18-5-3-7-19(11-18)21-12-22(14-23(13-21)35-17-25-29-9-4-10-30-25)27(34)31-24-8-2-1-6-20(24)15-26(32)33/h1-14H,15-17,28H2,(H,31,34)(H,32,33). The summed E-state index contributed by atoms with van der Waals surface area (Å²) in [4.78, 5) is 32.8. The van der Waals surface area contributed by atoms with Gasteiger partial charge in [0.1, 0.15) is 12.4 Å². The maximum Gasteiger partial charge on any atom is 0.307 e. The highest BCUT2D eigenvalue weighted by Crippen LogP contribution is 2.28. The smallest absolute Gasteiger partial charge is 0.307 e. The minimum Gasteiger partial charge on any atom is -0.486 e. The number of aliphatic carboxylic acids is 1. The van der Waals surface area contributed by atoms with E-state index >= 15 is 0 Å². The third-order valence-corrected chi connectivity index (χ3v) is 5.26. The minimum absolute atomic E-state index is 0.135. The number of nitrogens with zero attached hydrogens (tertiary/aromatic N) is 2. The Hall–Kier alpha value is -4.56. The van der Waals surface area contributed by atoms with Crippen molar-refractivity contribution in [2.45, 2.75) is 19.6 Å². The van der Waals surface area contributed by atoms with Crippen molar-refractivity contribution in [2.24, 2.45) is 5.73 Å². The fraction of sp³-hybridized carbons (Fsp3) is 0.111. The van der Waals surface area contributed by atoms with E-state index in [-0.39, 0.29) is 18.9 Å². The van der Waals surface area contributed by atoms with Gasteiger partial charge in [-0.3, -0.25) is 9.59 Å². The number of rotatable bonds is 9. The molecule has 0 aliphatic carbocycles. The van der Waals surface area contributed by atoms with Crippen molar-refractivity contribution < 1.29 is 19.4 Å². The van der Waals surface area contributed by atoms with E-state index in [1.807, 2.05) is 30.3 Å². The molecule has 1 amide bonds. The van der Waals surface area contributed by atoms with Crippen LogP contribution >= 0.6 is 0 Å². The average Bonchev–Trinajstić information content (AvgIpc) is 2.89. The first-order chi connectivity index (χ1) is 17.0. The predicted molar refractivity (Wildman–Crippen MR) is 132 cm³/mol. The van der Waals surface area contributed by atoms with Crippen LogP contribution in [0.3, 0.4) is 0 Å². The molecule has 4 N–H and O–H groups in total. The topological polar surface area (TPSA) is 127 Å². The van der Waals surface area contributed by atoms with Gasteiger partial charge >= 0.3 is 5.97 Å². The van der Waals surface area contributed by atoms with Crippen LogP contribution in [0.25, 0.3) is 11.1 Å². The van der Waals surface area contributed by atoms with Crippen LogP contribution in [0.1, 0.15) is 27.3 Å². The summed E-state index contributed by atoms with van der Waals surface area (Å²) in [7, 11) is 0. The molecule has 0 saturated carbocycles. The van der Waals surface area contributed by atoms with Gasteiger partial charge in [-0.05, 0) is 58.7 Å². The van der Waals surface area contributed by atoms with Crippen LogP contribution in [-0.4, -0.2) is 27.0 Å². The number of carbonyl (C=O) groups excluding carboxylic acids is 1. The van der Waals surface area contributed by atoms with Crippen LogP contribution in [-0.2, 0) is 24.4 Å². The maximum atomic E-state index is 13.2. The lowest BCUT2D eigenvalue weighted by molar-refractivity contribution is -0.136. The van der Waals surface area contributed by atoms with Gasteiger partial charge in [-0.1, -0.05) is 36.4 Å². The van der Waals surface area contributed by atoms with E-state index in [4.69, 9.17) is 10.5 Å². The molecule has 0 atom stereocenters. The number of carboxylic acid groups (broad SMARTS) is 1. The number of anilines is 1. The number of hydrogen-bond donors (Lipinski definition) is 3. The molecule has 35 heavy (non-hydrogen) atoms. The van der Waals surface area contributed by atoms with Crippen molar-refractivity contribution in [3.63, 3.8) is 0 Å². The molecule has 8 heteroatoms. The van der Waals surface area contributed by atoms with Crippen LogP contribution in [0.4, 0.5) is 5.69 Å². The lowest BCUT2D eigenvalue weighted by atomic mass is 10.00. The molecule has 1 aromatic heterocycles. The Morgan fingerprint density at radius 2 is 1.71 bits per heavy atom. The number of aromatic nitrogens is 2. The van der Waals surface area contributed by atoms with Gasteiger partial charge in [-0.15, -0.1) is 0 Å². The highest BCUT2D eigenvalue weighted by Gasteiger charge is 2.14. The van der Waals surface area contributed by atoms with Crippen molar-refractivity contribution in [3.05, 3.63) is 108 Å². The van der Waals surface area contributed by atoms with Crippen molar-refractivity contribution in [3.8, 4) is 16.9 Å². The second kappa shape index (κ2) is 11.0. The number of nitrogens with one attached hydrogen (secondary N) is 1. The summed E-state index contributed by atoms with van der Waals surface area (Å²) in [5.41, 5.74) is 9.73. The SMILES string of the molecule is NCc1cccc(-c2cc(OCc3ncccn3)cc(C(=O)Nc3ccccc3CC(=O)O)c2)c1. The summed E-state index contributed by atoms with van der Waals surface area (Å²) in [5, 5.41) is 12.0. The third-order valence-electron chi connectivity index (χ3n) is 5.26. The van der Waals surface area contributed by atoms with Gasteiger partial charge in [-0.25, -0.2) is 9.97 Å². The summed E-state index contributed by atoms with van der Waals surface area (Å²) >= 11 is 0. The Labute approximate surface area is 202 Å². The first kappa shape index (κ1) is 23.6. The number of carbonyl (C=O) groups is 2. The van der Waals surface area contributed by atoms with Gasteiger partial charge in [0, 0.05) is 30.2 Å². The van der Waals surface area contributed by atoms with Crippen molar-refractivity contribution in [2.75, 3.05) is 5.32 Å². The molecule has 176 valence electrons. The van der Waals surface area contributed by atoms with Crippen LogP contribution in [0.5, 0.6) is 5.75 Å². The zero-order valence-electron chi connectivity index (χ0n) is 18.8. The molecule has 0 unspecified atom stereocenters. The molecule has 4 aromatic rings. The quantitative estimate of drug-likeness (QED) is 0.338. The van der Waals surface area contributed by atoms with E-state index < -0.39 is 5.97 Å². The van der Waals surface area contributed by atoms with Gasteiger partial charge < -0.3 is 20.9 Å². The summed E-state index contributed by atoms with van der Waals surface area (Å²) in [6.45, 7) is 0.527. The first-order valence-corrected chi connectivity index (χ1v) is 11.0. The monoisotopic (exact) mass is 468 g/mol. The highest BCUT2D eigenvalue weighted by molar-refractivity contribution is 6.06. The van der Waals surface area contributed by atoms with Crippen LogP contribution in [0.15, 0.2) is 85.2 Å². The lowest BCUT2D eigenvalue weighted by Gasteiger charge is -2.13. The summed E-state index contributed by atoms with van der Waals surface area (Å²) in [5.74, 6) is -0.388. The summed E-state index contributed by atoms with van der Waals surface area (Å²) in [6.07, 6.45) is 3.07. The van der Waals surface area contributed by atoms with E-state index in [9.17, 15) is 14.7 Å². The van der Waals surface area contributed by atoms with E-state index in [1.54, 1.807) is 54.9 Å². The molecular formula is C27H24N4O4. The molecule has 0 bridgehead atoms. The second-order valence-corrected chi connectivity index (χ2v) is 7.79. The molecule has 3 aromatic carbocycles. The number of ether oxygens (including phenoxy) is 1. The number of benzene rings is 3. The molecule has 0 fully saturated rings. The fourth-order valence-corrected chi connectivity index (χ4v) is 3.56. The van der Waals surface area contributed by atoms with E-state index in [0.29, 0.717) is 34.9 Å². The number of carboxylic acids is 1. The van der Waals surface area contributed by atoms with Crippen LogP contribution in [0.2, 0.25) is 0 Å². The fourth-order valence-electron chi connectivity index (χ4n) is 3.56. The average molecular weight is 469 g/mol. The number of hydrogen-bond acceptors (Lipinski definition) is 6. The minimum atomic E-state index is -0.979. The zero-order chi connectivity index (χ0) is 24.6. The summed E-state index contributed by atoms with van der Waals surface area (Å²) < 4.78 is 5.92. The molecule has 4 rings (SSSR count). The number of amides is 1. The van der Waals surface area contributed by atoms with Crippen LogP contribution in [0, 0.1) is 0 Å². The van der Waals surface area contributed by atoms with Crippen molar-refractivity contribution in [1.29, 1.82) is 0 Å². The Morgan fingerprint density at radius 3 is 2.49 bits per heavy atom. The normalized spacial score (nSPS) is 10.5. The Morgan fingerprint density at radius 1 is 0.914 bits per heavy atom. The van der Waals surface area contributed by atoms with E-state index in [1.165, 1.54) is 0 Å². The van der Waals surface area contributed by atoms with Gasteiger partial charge in [0.15, 0.2) is 5.82 Å². The van der Waals surface area contributed by atoms with E-state index in [2.05, 4.69) is 15.3 Å². The molecular weight excluding hydrogens is 444 g/mol. The first-order valence-electron chi connectivity index (χ1n) is 11.0. The predicted octanol–water partition coefficient (Wildman–Crippen LogP) is 4.06. The molecule has 0 aliphatic heterocycles. The molecule has 0 spiro atoms. The zero-order valence-corrected chi connectivity index (χ0v) is 18.8. The molecule has 8 nitrogen and oxygen atoms in total. The third kappa shape index (κ3) is 6.27. The van der Waals surface area contributed by atoms with E-state index in [0.717, 1.165) is 16.7 Å². The maximum absolute atomic E-state index is 13.2. The van der Waals surface area contributed by atoms with Crippen molar-refractivity contribution in [1.82, 2.24) is 9.97 Å². The molecule has 0 saturated heterocycles. The van der Waals surface area contributed by atoms with Gasteiger partial charge in [0.25, 0.3) is 5.91 Å². The Kier molecular flexibility index (Phi) is 7.44. The van der Waals surface area contributed by atoms with Gasteiger partial charge in [-0.2, -0.15) is 0 Å².